The predicted molar refractivity (Wildman–Crippen MR) is 130 cm³/mol. The highest BCUT2D eigenvalue weighted by Crippen LogP contribution is 2.38. The van der Waals surface area contributed by atoms with E-state index in [9.17, 15) is 27.1 Å². The molecule has 0 amide bonds. The third kappa shape index (κ3) is 5.05. The Hall–Kier alpha value is -4.18. The van der Waals surface area contributed by atoms with E-state index in [0.29, 0.717) is 27.9 Å². The van der Waals surface area contributed by atoms with Gasteiger partial charge in [0.05, 0.1) is 21.7 Å². The molecule has 0 aliphatic carbocycles. The van der Waals surface area contributed by atoms with Crippen molar-refractivity contribution in [3.63, 3.8) is 0 Å². The van der Waals surface area contributed by atoms with E-state index in [1.54, 1.807) is 22.8 Å². The van der Waals surface area contributed by atoms with Crippen LogP contribution in [-0.2, 0) is 12.7 Å². The number of halogens is 6. The summed E-state index contributed by atoms with van der Waals surface area (Å²) in [5.74, 6) is -1.22. The number of aromatic nitrogens is 3. The highest BCUT2D eigenvalue weighted by atomic mass is 35.5. The van der Waals surface area contributed by atoms with Gasteiger partial charge in [0.15, 0.2) is 0 Å². The maximum absolute atomic E-state index is 13.9. The summed E-state index contributed by atoms with van der Waals surface area (Å²) in [4.78, 5) is 8.54. The number of benzene rings is 3. The molecule has 188 valence electrons. The van der Waals surface area contributed by atoms with Gasteiger partial charge in [-0.3, -0.25) is 0 Å². The second-order valence-corrected chi connectivity index (χ2v) is 8.62. The molecule has 0 aliphatic rings. The van der Waals surface area contributed by atoms with Gasteiger partial charge in [0, 0.05) is 18.3 Å². The van der Waals surface area contributed by atoms with Crippen molar-refractivity contribution in [1.82, 2.24) is 14.5 Å². The van der Waals surface area contributed by atoms with E-state index in [1.807, 2.05) is 0 Å². The molecule has 0 fully saturated rings. The lowest BCUT2D eigenvalue weighted by atomic mass is 10.1. The molecule has 0 spiro atoms. The van der Waals surface area contributed by atoms with Crippen LogP contribution >= 0.6 is 11.6 Å². The molecule has 0 aliphatic heterocycles. The van der Waals surface area contributed by atoms with E-state index in [1.165, 1.54) is 36.7 Å². The molecular weight excluding hydrogens is 515 g/mol. The molecule has 2 aromatic heterocycles. The third-order valence-corrected chi connectivity index (χ3v) is 5.98. The SMILES string of the molecule is Oc1ccc(-c2cc3c(Nc4ccc(Cl)c(C(F)(F)F)c4)ncnc3n2Cc2cc(F)cc(F)c2)cc1. The van der Waals surface area contributed by atoms with Crippen molar-refractivity contribution in [3.8, 4) is 17.0 Å². The fourth-order valence-electron chi connectivity index (χ4n) is 4.04. The van der Waals surface area contributed by atoms with E-state index in [0.717, 1.165) is 18.2 Å². The Labute approximate surface area is 211 Å². The zero-order chi connectivity index (χ0) is 26.3. The summed E-state index contributed by atoms with van der Waals surface area (Å²) in [5.41, 5.74) is 1.04. The molecular formula is C26H16ClF5N4O. The van der Waals surface area contributed by atoms with Crippen LogP contribution < -0.4 is 5.32 Å². The molecule has 0 saturated heterocycles. The van der Waals surface area contributed by atoms with E-state index in [4.69, 9.17) is 11.6 Å². The van der Waals surface area contributed by atoms with Gasteiger partial charge in [-0.1, -0.05) is 11.6 Å². The second-order valence-electron chi connectivity index (χ2n) is 8.22. The quantitative estimate of drug-likeness (QED) is 0.230. The molecule has 2 N–H and O–H groups in total. The number of anilines is 2. The smallest absolute Gasteiger partial charge is 0.417 e. The number of phenols is 1. The Kier molecular flexibility index (Phi) is 6.20. The average Bonchev–Trinajstić information content (AvgIpc) is 3.18. The van der Waals surface area contributed by atoms with Crippen molar-refractivity contribution >= 4 is 34.1 Å². The zero-order valence-electron chi connectivity index (χ0n) is 18.7. The highest BCUT2D eigenvalue weighted by Gasteiger charge is 2.33. The van der Waals surface area contributed by atoms with Crippen molar-refractivity contribution in [2.75, 3.05) is 5.32 Å². The average molecular weight is 531 g/mol. The molecule has 37 heavy (non-hydrogen) atoms. The van der Waals surface area contributed by atoms with Crippen molar-refractivity contribution in [3.05, 3.63) is 101 Å². The summed E-state index contributed by atoms with van der Waals surface area (Å²) >= 11 is 5.73. The molecule has 0 radical (unpaired) electrons. The van der Waals surface area contributed by atoms with Crippen LogP contribution in [0.2, 0.25) is 5.02 Å². The molecule has 2 heterocycles. The second kappa shape index (κ2) is 9.36. The van der Waals surface area contributed by atoms with Crippen LogP contribution in [0.3, 0.4) is 0 Å². The number of phenolic OH excluding ortho intramolecular Hbond substituents is 1. The van der Waals surface area contributed by atoms with Crippen LogP contribution in [0.15, 0.2) is 73.1 Å². The van der Waals surface area contributed by atoms with Crippen LogP contribution in [0.5, 0.6) is 5.75 Å². The van der Waals surface area contributed by atoms with Gasteiger partial charge in [0.25, 0.3) is 0 Å². The van der Waals surface area contributed by atoms with Gasteiger partial charge < -0.3 is 15.0 Å². The molecule has 0 bridgehead atoms. The first-order valence-corrected chi connectivity index (χ1v) is 11.2. The summed E-state index contributed by atoms with van der Waals surface area (Å²) in [6.07, 6.45) is -3.42. The summed E-state index contributed by atoms with van der Waals surface area (Å²) in [7, 11) is 0. The fourth-order valence-corrected chi connectivity index (χ4v) is 4.26. The first-order valence-electron chi connectivity index (χ1n) is 10.8. The number of nitrogens with zero attached hydrogens (tertiary/aromatic N) is 3. The molecule has 0 unspecified atom stereocenters. The number of hydrogen-bond donors (Lipinski definition) is 2. The van der Waals surface area contributed by atoms with Crippen LogP contribution in [0.1, 0.15) is 11.1 Å². The first-order chi connectivity index (χ1) is 17.6. The highest BCUT2D eigenvalue weighted by molar-refractivity contribution is 6.31. The van der Waals surface area contributed by atoms with Crippen molar-refractivity contribution in [1.29, 1.82) is 0 Å². The van der Waals surface area contributed by atoms with Crippen molar-refractivity contribution in [2.45, 2.75) is 12.7 Å². The number of hydrogen-bond acceptors (Lipinski definition) is 4. The van der Waals surface area contributed by atoms with E-state index in [2.05, 4.69) is 15.3 Å². The van der Waals surface area contributed by atoms with Crippen LogP contribution in [-0.4, -0.2) is 19.6 Å². The first kappa shape index (κ1) is 24.5. The van der Waals surface area contributed by atoms with Gasteiger partial charge in [-0.25, -0.2) is 18.7 Å². The molecule has 3 aromatic carbocycles. The maximum atomic E-state index is 13.9. The lowest BCUT2D eigenvalue weighted by Gasteiger charge is -2.13. The molecule has 0 atom stereocenters. The van der Waals surface area contributed by atoms with Crippen LogP contribution in [0.25, 0.3) is 22.3 Å². The monoisotopic (exact) mass is 530 g/mol. The van der Waals surface area contributed by atoms with Gasteiger partial charge in [-0.05, 0) is 71.8 Å². The van der Waals surface area contributed by atoms with Gasteiger partial charge in [-0.2, -0.15) is 13.2 Å². The summed E-state index contributed by atoms with van der Waals surface area (Å²) in [6.45, 7) is 0.0318. The number of rotatable bonds is 5. The maximum Gasteiger partial charge on any atom is 0.417 e. The summed E-state index contributed by atoms with van der Waals surface area (Å²) in [5, 5.41) is 12.6. The lowest BCUT2D eigenvalue weighted by Crippen LogP contribution is -2.07. The van der Waals surface area contributed by atoms with Gasteiger partial charge in [0.1, 0.15) is 35.2 Å². The number of nitrogens with one attached hydrogen (secondary N) is 1. The normalized spacial score (nSPS) is 11.7. The zero-order valence-corrected chi connectivity index (χ0v) is 19.4. The molecule has 5 nitrogen and oxygen atoms in total. The Morgan fingerprint density at radius 1 is 0.892 bits per heavy atom. The molecule has 5 aromatic rings. The number of aromatic hydroxyl groups is 1. The Morgan fingerprint density at radius 3 is 2.27 bits per heavy atom. The largest absolute Gasteiger partial charge is 0.508 e. The predicted octanol–water partition coefficient (Wildman–Crippen LogP) is 7.55. The van der Waals surface area contributed by atoms with Crippen molar-refractivity contribution < 1.29 is 27.1 Å². The van der Waals surface area contributed by atoms with Crippen LogP contribution in [0.4, 0.5) is 33.5 Å². The number of alkyl halides is 3. The minimum atomic E-state index is -4.65. The summed E-state index contributed by atoms with van der Waals surface area (Å²) < 4.78 is 69.5. The third-order valence-electron chi connectivity index (χ3n) is 5.65. The molecule has 11 heteroatoms. The topological polar surface area (TPSA) is 63.0 Å². The lowest BCUT2D eigenvalue weighted by molar-refractivity contribution is -0.137. The van der Waals surface area contributed by atoms with E-state index >= 15 is 0 Å². The number of fused-ring (bicyclic) bond motifs is 1. The van der Waals surface area contributed by atoms with E-state index in [-0.39, 0.29) is 23.8 Å². The summed E-state index contributed by atoms with van der Waals surface area (Å²) in [6, 6.07) is 14.5. The minimum absolute atomic E-state index is 0.0318. The minimum Gasteiger partial charge on any atom is -0.508 e. The Balaban J connectivity index is 1.64. The molecule has 0 saturated carbocycles. The Bertz CT molecular complexity index is 1600. The van der Waals surface area contributed by atoms with Gasteiger partial charge in [0.2, 0.25) is 0 Å². The van der Waals surface area contributed by atoms with Crippen molar-refractivity contribution in [2.24, 2.45) is 0 Å². The van der Waals surface area contributed by atoms with E-state index < -0.39 is 28.4 Å². The van der Waals surface area contributed by atoms with Gasteiger partial charge in [-0.15, -0.1) is 0 Å². The Morgan fingerprint density at radius 2 is 1.59 bits per heavy atom. The molecule has 5 rings (SSSR count). The van der Waals surface area contributed by atoms with Crippen LogP contribution in [0, 0.1) is 11.6 Å². The van der Waals surface area contributed by atoms with Gasteiger partial charge >= 0.3 is 6.18 Å². The standard InChI is InChI=1S/C26H16ClF5N4O/c27-22-6-3-18(10-21(22)26(30,31)32)35-24-20-11-23(15-1-4-19(37)5-2-15)36(25(20)34-13-33-24)12-14-7-16(28)9-17(29)8-14/h1-11,13,37H,12H2,(H,33,34,35). The fraction of sp³-hybridized carbons (Fsp3) is 0.0769.